The van der Waals surface area contributed by atoms with Gasteiger partial charge in [-0.2, -0.15) is 0 Å². The lowest BCUT2D eigenvalue weighted by Gasteiger charge is -2.39. The normalized spacial score (nSPS) is 18.9. The Morgan fingerprint density at radius 1 is 1.21 bits per heavy atom. The topological polar surface area (TPSA) is 35.5 Å². The molecule has 1 saturated heterocycles. The van der Waals surface area contributed by atoms with Gasteiger partial charge < -0.3 is 15.3 Å². The minimum atomic E-state index is -0.525. The summed E-state index contributed by atoms with van der Waals surface area (Å²) in [6.07, 6.45) is 1.67. The van der Waals surface area contributed by atoms with Crippen molar-refractivity contribution in [2.24, 2.45) is 0 Å². The van der Waals surface area contributed by atoms with Crippen molar-refractivity contribution in [3.8, 4) is 0 Å². The fourth-order valence-electron chi connectivity index (χ4n) is 2.76. The quantitative estimate of drug-likeness (QED) is 0.874. The Balaban J connectivity index is 1.97. The number of nitrogens with one attached hydrogen (secondary N) is 1. The van der Waals surface area contributed by atoms with Gasteiger partial charge in [-0.25, -0.2) is 0 Å². The lowest BCUT2D eigenvalue weighted by Crippen LogP contribution is -2.49. The highest BCUT2D eigenvalue weighted by Crippen LogP contribution is 2.27. The predicted octanol–water partition coefficient (Wildman–Crippen LogP) is 2.36. The molecule has 3 nitrogen and oxygen atoms in total. The van der Waals surface area contributed by atoms with E-state index in [4.69, 9.17) is 0 Å². The maximum atomic E-state index is 10.4. The molecule has 0 unspecified atom stereocenters. The van der Waals surface area contributed by atoms with E-state index in [0.717, 1.165) is 25.9 Å². The van der Waals surface area contributed by atoms with Crippen LogP contribution in [0.25, 0.3) is 0 Å². The lowest BCUT2D eigenvalue weighted by atomic mass is 9.91. The second-order valence-corrected chi connectivity index (χ2v) is 5.99. The first-order valence-corrected chi connectivity index (χ1v) is 7.26. The van der Waals surface area contributed by atoms with E-state index in [-0.39, 0.29) is 0 Å². The highest BCUT2D eigenvalue weighted by molar-refractivity contribution is 5.48. The van der Waals surface area contributed by atoms with Crippen molar-refractivity contribution in [2.75, 3.05) is 31.6 Å². The van der Waals surface area contributed by atoms with Crippen molar-refractivity contribution >= 4 is 5.69 Å². The summed E-state index contributed by atoms with van der Waals surface area (Å²) in [4.78, 5) is 2.37. The van der Waals surface area contributed by atoms with Crippen LogP contribution >= 0.6 is 0 Å². The van der Waals surface area contributed by atoms with Crippen LogP contribution in [0.3, 0.4) is 0 Å². The Bertz CT molecular complexity index is 392. The monoisotopic (exact) mass is 262 g/mol. The molecule has 1 aromatic rings. The molecule has 0 spiro atoms. The van der Waals surface area contributed by atoms with Crippen LogP contribution in [0.5, 0.6) is 0 Å². The van der Waals surface area contributed by atoms with Crippen LogP contribution in [0, 0.1) is 0 Å². The molecular weight excluding hydrogens is 236 g/mol. The third kappa shape index (κ3) is 3.48. The molecule has 0 bridgehead atoms. The van der Waals surface area contributed by atoms with E-state index in [1.54, 1.807) is 0 Å². The zero-order valence-electron chi connectivity index (χ0n) is 12.3. The standard InChI is InChI=1S/C16H26N2O/c1-13(2)14-4-6-15(7-5-14)18-10-8-16(19,9-11-18)12-17-3/h4-7,13,17,19H,8-12H2,1-3H3. The number of anilines is 1. The van der Waals surface area contributed by atoms with Gasteiger partial charge in [-0.15, -0.1) is 0 Å². The van der Waals surface area contributed by atoms with Crippen LogP contribution in [0.2, 0.25) is 0 Å². The summed E-state index contributed by atoms with van der Waals surface area (Å²) in [6.45, 7) is 6.98. The second-order valence-electron chi connectivity index (χ2n) is 5.99. The van der Waals surface area contributed by atoms with E-state index in [9.17, 15) is 5.11 Å². The number of hydrogen-bond acceptors (Lipinski definition) is 3. The first-order chi connectivity index (χ1) is 9.04. The maximum absolute atomic E-state index is 10.4. The summed E-state index contributed by atoms with van der Waals surface area (Å²) < 4.78 is 0. The van der Waals surface area contributed by atoms with Crippen molar-refractivity contribution in [2.45, 2.75) is 38.2 Å². The van der Waals surface area contributed by atoms with Crippen LogP contribution in [-0.4, -0.2) is 37.4 Å². The van der Waals surface area contributed by atoms with Crippen molar-refractivity contribution in [1.82, 2.24) is 5.32 Å². The Kier molecular flexibility index (Phi) is 4.48. The third-order valence-corrected chi connectivity index (χ3v) is 4.12. The zero-order valence-corrected chi connectivity index (χ0v) is 12.3. The Morgan fingerprint density at radius 2 is 1.79 bits per heavy atom. The largest absolute Gasteiger partial charge is 0.388 e. The van der Waals surface area contributed by atoms with Gasteiger partial charge in [0.1, 0.15) is 0 Å². The Morgan fingerprint density at radius 3 is 2.26 bits per heavy atom. The molecule has 1 aliphatic heterocycles. The number of likely N-dealkylation sites (N-methyl/N-ethyl adjacent to an activating group) is 1. The Hall–Kier alpha value is -1.06. The minimum absolute atomic E-state index is 0.525. The molecule has 1 aromatic carbocycles. The van der Waals surface area contributed by atoms with E-state index >= 15 is 0 Å². The summed E-state index contributed by atoms with van der Waals surface area (Å²) in [5, 5.41) is 13.4. The highest BCUT2D eigenvalue weighted by Gasteiger charge is 2.31. The van der Waals surface area contributed by atoms with Crippen molar-refractivity contribution < 1.29 is 5.11 Å². The fraction of sp³-hybridized carbons (Fsp3) is 0.625. The van der Waals surface area contributed by atoms with Crippen LogP contribution in [0.15, 0.2) is 24.3 Å². The van der Waals surface area contributed by atoms with Crippen molar-refractivity contribution in [3.05, 3.63) is 29.8 Å². The van der Waals surface area contributed by atoms with Crippen LogP contribution in [-0.2, 0) is 0 Å². The average Bonchev–Trinajstić information content (AvgIpc) is 2.40. The molecule has 0 atom stereocenters. The van der Waals surface area contributed by atoms with E-state index in [0.29, 0.717) is 12.5 Å². The van der Waals surface area contributed by atoms with Crippen LogP contribution in [0.4, 0.5) is 5.69 Å². The number of benzene rings is 1. The fourth-order valence-corrected chi connectivity index (χ4v) is 2.76. The zero-order chi connectivity index (χ0) is 13.9. The molecule has 19 heavy (non-hydrogen) atoms. The highest BCUT2D eigenvalue weighted by atomic mass is 16.3. The van der Waals surface area contributed by atoms with Gasteiger partial charge in [0.05, 0.1) is 5.60 Å². The molecule has 0 aromatic heterocycles. The van der Waals surface area contributed by atoms with Gasteiger partial charge in [0.2, 0.25) is 0 Å². The van der Waals surface area contributed by atoms with E-state index < -0.39 is 5.60 Å². The van der Waals surface area contributed by atoms with Crippen molar-refractivity contribution in [1.29, 1.82) is 0 Å². The smallest absolute Gasteiger partial charge is 0.0805 e. The molecule has 1 fully saturated rings. The molecule has 106 valence electrons. The van der Waals surface area contributed by atoms with Crippen molar-refractivity contribution in [3.63, 3.8) is 0 Å². The van der Waals surface area contributed by atoms with Gasteiger partial charge in [0.25, 0.3) is 0 Å². The van der Waals surface area contributed by atoms with Gasteiger partial charge in [-0.05, 0) is 43.5 Å². The number of rotatable bonds is 4. The summed E-state index contributed by atoms with van der Waals surface area (Å²) >= 11 is 0. The molecule has 0 saturated carbocycles. The summed E-state index contributed by atoms with van der Waals surface area (Å²) in [5.74, 6) is 0.580. The lowest BCUT2D eigenvalue weighted by molar-refractivity contribution is 0.0185. The summed E-state index contributed by atoms with van der Waals surface area (Å²) in [7, 11) is 1.90. The molecule has 2 rings (SSSR count). The molecule has 1 heterocycles. The summed E-state index contributed by atoms with van der Waals surface area (Å²) in [6, 6.07) is 8.85. The maximum Gasteiger partial charge on any atom is 0.0805 e. The van der Waals surface area contributed by atoms with Gasteiger partial charge >= 0.3 is 0 Å². The summed E-state index contributed by atoms with van der Waals surface area (Å²) in [5.41, 5.74) is 2.13. The number of aliphatic hydroxyl groups is 1. The first kappa shape index (κ1) is 14.4. The van der Waals surface area contributed by atoms with E-state index in [1.807, 2.05) is 7.05 Å². The molecule has 1 aliphatic rings. The van der Waals surface area contributed by atoms with E-state index in [2.05, 4.69) is 48.3 Å². The molecular formula is C16H26N2O. The molecule has 3 heteroatoms. The first-order valence-electron chi connectivity index (χ1n) is 7.26. The Labute approximate surface area is 116 Å². The van der Waals surface area contributed by atoms with Gasteiger partial charge in [-0.3, -0.25) is 0 Å². The minimum Gasteiger partial charge on any atom is -0.388 e. The van der Waals surface area contributed by atoms with Gasteiger partial charge in [0, 0.05) is 25.3 Å². The average molecular weight is 262 g/mol. The SMILES string of the molecule is CNCC1(O)CCN(c2ccc(C(C)C)cc2)CC1. The molecule has 2 N–H and O–H groups in total. The second kappa shape index (κ2) is 5.93. The van der Waals surface area contributed by atoms with Gasteiger partial charge in [-0.1, -0.05) is 26.0 Å². The van der Waals surface area contributed by atoms with Crippen LogP contribution < -0.4 is 10.2 Å². The number of piperidine rings is 1. The molecule has 0 aliphatic carbocycles. The number of nitrogens with zero attached hydrogens (tertiary/aromatic N) is 1. The van der Waals surface area contributed by atoms with E-state index in [1.165, 1.54) is 11.3 Å². The molecule has 0 radical (unpaired) electrons. The molecule has 0 amide bonds. The third-order valence-electron chi connectivity index (χ3n) is 4.12. The predicted molar refractivity (Wildman–Crippen MR) is 80.9 cm³/mol. The number of hydrogen-bond donors (Lipinski definition) is 2. The van der Waals surface area contributed by atoms with Crippen LogP contribution in [0.1, 0.15) is 38.2 Å². The van der Waals surface area contributed by atoms with Gasteiger partial charge in [0.15, 0.2) is 0 Å².